The van der Waals surface area contributed by atoms with E-state index in [-0.39, 0.29) is 12.0 Å². The summed E-state index contributed by atoms with van der Waals surface area (Å²) < 4.78 is 21.3. The van der Waals surface area contributed by atoms with Gasteiger partial charge in [0.05, 0.1) is 12.2 Å². The molecule has 0 fully saturated rings. The highest BCUT2D eigenvalue weighted by Crippen LogP contribution is 2.30. The van der Waals surface area contributed by atoms with Crippen LogP contribution in [0.2, 0.25) is 0 Å². The van der Waals surface area contributed by atoms with E-state index >= 15 is 0 Å². The molecule has 0 bridgehead atoms. The number of carbonyl (C=O) groups excluding carboxylic acids is 2. The lowest BCUT2D eigenvalue weighted by molar-refractivity contribution is 0.0388. The van der Waals surface area contributed by atoms with E-state index in [0.717, 1.165) is 5.56 Å². The first-order valence-electron chi connectivity index (χ1n) is 9.72. The van der Waals surface area contributed by atoms with Crippen LogP contribution in [0.15, 0.2) is 46.9 Å². The Morgan fingerprint density at radius 3 is 2.30 bits per heavy atom. The van der Waals surface area contributed by atoms with Crippen LogP contribution < -0.4 is 4.74 Å². The molecule has 0 atom stereocenters. The van der Waals surface area contributed by atoms with Crippen molar-refractivity contribution in [2.75, 3.05) is 20.3 Å². The molecule has 0 aliphatic rings. The molecule has 0 radical (unpaired) electrons. The molecule has 3 rings (SSSR count). The summed E-state index contributed by atoms with van der Waals surface area (Å²) in [7, 11) is 1.53. The van der Waals surface area contributed by atoms with E-state index in [0.29, 0.717) is 40.2 Å². The Morgan fingerprint density at radius 2 is 1.67 bits per heavy atom. The van der Waals surface area contributed by atoms with Crippen molar-refractivity contribution in [3.05, 3.63) is 64.9 Å². The number of hydrogen-bond donors (Lipinski definition) is 0. The Hall–Kier alpha value is -3.12. The van der Waals surface area contributed by atoms with Crippen LogP contribution in [0, 0.1) is 6.92 Å². The van der Waals surface area contributed by atoms with Crippen molar-refractivity contribution in [2.45, 2.75) is 33.1 Å². The van der Waals surface area contributed by atoms with Gasteiger partial charge in [-0.2, -0.15) is 0 Å². The van der Waals surface area contributed by atoms with Crippen molar-refractivity contribution in [1.29, 1.82) is 0 Å². The van der Waals surface area contributed by atoms with E-state index in [1.165, 1.54) is 7.11 Å². The zero-order chi connectivity index (χ0) is 21.9. The second kappa shape index (κ2) is 8.71. The Labute approximate surface area is 175 Å². The van der Waals surface area contributed by atoms with Gasteiger partial charge in [-0.25, -0.2) is 9.59 Å². The summed E-state index contributed by atoms with van der Waals surface area (Å²) >= 11 is 0. The number of ether oxygens (including phenoxy) is 3. The first-order valence-corrected chi connectivity index (χ1v) is 9.72. The minimum atomic E-state index is -0.510. The topological polar surface area (TPSA) is 75.0 Å². The largest absolute Gasteiger partial charge is 0.460 e. The van der Waals surface area contributed by atoms with Gasteiger partial charge in [-0.1, -0.05) is 32.9 Å². The van der Waals surface area contributed by atoms with Gasteiger partial charge in [0.15, 0.2) is 0 Å². The number of rotatable bonds is 6. The predicted molar refractivity (Wildman–Crippen MR) is 113 cm³/mol. The van der Waals surface area contributed by atoms with Crippen molar-refractivity contribution < 1.29 is 28.2 Å². The number of esters is 2. The van der Waals surface area contributed by atoms with Crippen LogP contribution in [0.3, 0.4) is 0 Å². The van der Waals surface area contributed by atoms with Gasteiger partial charge in [0.25, 0.3) is 0 Å². The molecule has 1 heterocycles. The molecule has 0 unspecified atom stereocenters. The maximum absolute atomic E-state index is 12.6. The summed E-state index contributed by atoms with van der Waals surface area (Å²) in [6, 6.07) is 12.3. The van der Waals surface area contributed by atoms with Gasteiger partial charge >= 0.3 is 11.9 Å². The third-order valence-electron chi connectivity index (χ3n) is 4.76. The molecule has 0 saturated heterocycles. The van der Waals surface area contributed by atoms with Gasteiger partial charge < -0.3 is 18.6 Å². The van der Waals surface area contributed by atoms with E-state index in [4.69, 9.17) is 18.6 Å². The molecule has 6 heteroatoms. The summed E-state index contributed by atoms with van der Waals surface area (Å²) in [6.45, 7) is 8.47. The summed E-state index contributed by atoms with van der Waals surface area (Å²) in [5.74, 6) is -0.225. The number of hydrogen-bond acceptors (Lipinski definition) is 6. The third kappa shape index (κ3) is 4.71. The van der Waals surface area contributed by atoms with Crippen molar-refractivity contribution in [1.82, 2.24) is 0 Å². The van der Waals surface area contributed by atoms with Gasteiger partial charge in [0.1, 0.15) is 29.3 Å². The molecule has 2 aromatic carbocycles. The lowest BCUT2D eigenvalue weighted by Gasteiger charge is -2.18. The summed E-state index contributed by atoms with van der Waals surface area (Å²) in [5, 5.41) is 0.531. The van der Waals surface area contributed by atoms with Gasteiger partial charge in [-0.05, 0) is 48.2 Å². The number of aryl methyl sites for hydroxylation is 1. The molecule has 6 nitrogen and oxygen atoms in total. The first kappa shape index (κ1) is 21.6. The zero-order valence-electron chi connectivity index (χ0n) is 17.9. The highest BCUT2D eigenvalue weighted by molar-refractivity contribution is 6.05. The van der Waals surface area contributed by atoms with Crippen LogP contribution in [0.5, 0.6) is 5.75 Å². The third-order valence-corrected chi connectivity index (χ3v) is 4.76. The number of methoxy groups -OCH3 is 1. The number of carbonyl (C=O) groups is 2. The lowest BCUT2D eigenvalue weighted by Crippen LogP contribution is -2.13. The summed E-state index contributed by atoms with van der Waals surface area (Å²) in [6.07, 6.45) is 0. The Bertz CT molecular complexity index is 1050. The molecule has 1 aromatic heterocycles. The van der Waals surface area contributed by atoms with Crippen molar-refractivity contribution in [2.24, 2.45) is 0 Å². The van der Waals surface area contributed by atoms with Crippen LogP contribution in [-0.2, 0) is 14.9 Å². The Balaban J connectivity index is 1.82. The zero-order valence-corrected chi connectivity index (χ0v) is 17.9. The van der Waals surface area contributed by atoms with E-state index in [1.807, 2.05) is 12.1 Å². The van der Waals surface area contributed by atoms with E-state index in [9.17, 15) is 9.59 Å². The molecule has 0 saturated carbocycles. The molecular formula is C24H26O6. The SMILES string of the molecule is COCCOC(=O)c1c(C)oc2ccc(OC(=O)c3ccc(C(C)(C)C)cc3)cc12. The average Bonchev–Trinajstić information content (AvgIpc) is 3.02. The average molecular weight is 410 g/mol. The quantitative estimate of drug-likeness (QED) is 0.321. The first-order chi connectivity index (χ1) is 14.2. The lowest BCUT2D eigenvalue weighted by atomic mass is 9.87. The van der Waals surface area contributed by atoms with E-state index in [1.54, 1.807) is 37.3 Å². The van der Waals surface area contributed by atoms with Crippen LogP contribution in [-0.4, -0.2) is 32.3 Å². The fourth-order valence-corrected chi connectivity index (χ4v) is 3.08. The maximum Gasteiger partial charge on any atom is 0.343 e. The molecule has 0 aliphatic heterocycles. The number of furan rings is 1. The molecule has 0 spiro atoms. The standard InChI is InChI=1S/C24H26O6/c1-15-21(23(26)28-13-12-27-5)19-14-18(10-11-20(19)29-15)30-22(25)16-6-8-17(9-7-16)24(2,3)4/h6-11,14H,12-13H2,1-5H3. The van der Waals surface area contributed by atoms with Crippen LogP contribution in [0.1, 0.15) is 52.8 Å². The normalized spacial score (nSPS) is 11.5. The van der Waals surface area contributed by atoms with E-state index in [2.05, 4.69) is 20.8 Å². The fraction of sp³-hybridized carbons (Fsp3) is 0.333. The van der Waals surface area contributed by atoms with Gasteiger partial charge in [0.2, 0.25) is 0 Å². The van der Waals surface area contributed by atoms with Crippen molar-refractivity contribution in [3.63, 3.8) is 0 Å². The summed E-state index contributed by atoms with van der Waals surface area (Å²) in [5.41, 5.74) is 2.41. The van der Waals surface area contributed by atoms with Crippen molar-refractivity contribution >= 4 is 22.9 Å². The fourth-order valence-electron chi connectivity index (χ4n) is 3.08. The highest BCUT2D eigenvalue weighted by atomic mass is 16.6. The minimum absolute atomic E-state index is 0.000870. The van der Waals surface area contributed by atoms with Gasteiger partial charge in [0, 0.05) is 12.5 Å². The van der Waals surface area contributed by atoms with Crippen LogP contribution >= 0.6 is 0 Å². The molecule has 30 heavy (non-hydrogen) atoms. The second-order valence-corrected chi connectivity index (χ2v) is 8.04. The van der Waals surface area contributed by atoms with Crippen LogP contribution in [0.25, 0.3) is 11.0 Å². The van der Waals surface area contributed by atoms with Crippen molar-refractivity contribution in [3.8, 4) is 5.75 Å². The maximum atomic E-state index is 12.6. The Morgan fingerprint density at radius 1 is 0.967 bits per heavy atom. The van der Waals surface area contributed by atoms with E-state index < -0.39 is 11.9 Å². The second-order valence-electron chi connectivity index (χ2n) is 8.04. The minimum Gasteiger partial charge on any atom is -0.460 e. The molecule has 158 valence electrons. The number of benzene rings is 2. The smallest absolute Gasteiger partial charge is 0.343 e. The van der Waals surface area contributed by atoms with Crippen LogP contribution in [0.4, 0.5) is 0 Å². The summed E-state index contributed by atoms with van der Waals surface area (Å²) in [4.78, 5) is 25.0. The van der Waals surface area contributed by atoms with Gasteiger partial charge in [-0.15, -0.1) is 0 Å². The molecule has 0 aliphatic carbocycles. The predicted octanol–water partition coefficient (Wildman–Crippen LogP) is 5.06. The highest BCUT2D eigenvalue weighted by Gasteiger charge is 2.21. The molecular weight excluding hydrogens is 384 g/mol. The molecule has 0 N–H and O–H groups in total. The number of fused-ring (bicyclic) bond motifs is 1. The molecule has 0 amide bonds. The monoisotopic (exact) mass is 410 g/mol. The van der Waals surface area contributed by atoms with Gasteiger partial charge in [-0.3, -0.25) is 0 Å². The Kier molecular flexibility index (Phi) is 6.27. The molecule has 3 aromatic rings.